The van der Waals surface area contributed by atoms with E-state index in [0.717, 1.165) is 30.1 Å². The number of nitrogens with zero attached hydrogens (tertiary/aromatic N) is 3. The molecule has 1 atom stereocenters. The van der Waals surface area contributed by atoms with Crippen LogP contribution in [0.5, 0.6) is 0 Å². The standard InChI is InChI=1S/C12H20N4O2/c1-8-7-16(4-5-17-8)12(13)14-6-11-9(2)15-18-10(11)3/h8H,4-7H2,1-3H3,(H2,13,14). The van der Waals surface area contributed by atoms with E-state index in [1.165, 1.54) is 0 Å². The van der Waals surface area contributed by atoms with E-state index in [9.17, 15) is 0 Å². The SMILES string of the molecule is Cc1noc(C)c1CN=C(N)N1CCOC(C)C1. The first-order chi connectivity index (χ1) is 8.58. The molecule has 100 valence electrons. The Hall–Kier alpha value is -1.56. The van der Waals surface area contributed by atoms with Gasteiger partial charge in [-0.1, -0.05) is 5.16 Å². The zero-order valence-corrected chi connectivity index (χ0v) is 11.1. The molecule has 0 aromatic carbocycles. The van der Waals surface area contributed by atoms with Crippen LogP contribution in [0, 0.1) is 13.8 Å². The lowest BCUT2D eigenvalue weighted by molar-refractivity contribution is 0.00528. The topological polar surface area (TPSA) is 76.9 Å². The molecule has 2 N–H and O–H groups in total. The van der Waals surface area contributed by atoms with Crippen molar-refractivity contribution in [1.29, 1.82) is 0 Å². The number of hydrogen-bond donors (Lipinski definition) is 1. The second kappa shape index (κ2) is 5.39. The summed E-state index contributed by atoms with van der Waals surface area (Å²) in [7, 11) is 0. The van der Waals surface area contributed by atoms with Crippen molar-refractivity contribution in [2.75, 3.05) is 19.7 Å². The molecular formula is C12H20N4O2. The summed E-state index contributed by atoms with van der Waals surface area (Å²) in [4.78, 5) is 6.46. The molecule has 1 unspecified atom stereocenters. The van der Waals surface area contributed by atoms with Crippen molar-refractivity contribution in [3.8, 4) is 0 Å². The van der Waals surface area contributed by atoms with Crippen LogP contribution >= 0.6 is 0 Å². The van der Waals surface area contributed by atoms with Gasteiger partial charge in [-0.25, -0.2) is 4.99 Å². The summed E-state index contributed by atoms with van der Waals surface area (Å²) in [5, 5.41) is 3.90. The maximum absolute atomic E-state index is 6.00. The maximum Gasteiger partial charge on any atom is 0.191 e. The lowest BCUT2D eigenvalue weighted by Gasteiger charge is -2.31. The molecular weight excluding hydrogens is 232 g/mol. The molecule has 0 saturated carbocycles. The fourth-order valence-corrected chi connectivity index (χ4v) is 2.01. The van der Waals surface area contributed by atoms with Crippen molar-refractivity contribution in [1.82, 2.24) is 10.1 Å². The Morgan fingerprint density at radius 3 is 2.94 bits per heavy atom. The Morgan fingerprint density at radius 1 is 1.56 bits per heavy atom. The number of aromatic nitrogens is 1. The summed E-state index contributed by atoms with van der Waals surface area (Å²) in [6.07, 6.45) is 0.201. The molecule has 6 nitrogen and oxygen atoms in total. The number of aryl methyl sites for hydroxylation is 2. The van der Waals surface area contributed by atoms with E-state index in [4.69, 9.17) is 15.0 Å². The number of morpholine rings is 1. The molecule has 0 radical (unpaired) electrons. The molecule has 1 saturated heterocycles. The summed E-state index contributed by atoms with van der Waals surface area (Å²) >= 11 is 0. The van der Waals surface area contributed by atoms with Gasteiger partial charge in [-0.15, -0.1) is 0 Å². The third-order valence-corrected chi connectivity index (χ3v) is 3.15. The highest BCUT2D eigenvalue weighted by molar-refractivity contribution is 5.78. The molecule has 0 aliphatic carbocycles. The fraction of sp³-hybridized carbons (Fsp3) is 0.667. The minimum Gasteiger partial charge on any atom is -0.375 e. The second-order valence-electron chi connectivity index (χ2n) is 4.60. The van der Waals surface area contributed by atoms with Crippen LogP contribution in [-0.4, -0.2) is 41.8 Å². The normalized spacial score (nSPS) is 21.4. The maximum atomic E-state index is 6.00. The van der Waals surface area contributed by atoms with E-state index in [1.807, 2.05) is 25.7 Å². The van der Waals surface area contributed by atoms with Gasteiger partial charge in [0.15, 0.2) is 5.96 Å². The van der Waals surface area contributed by atoms with E-state index in [1.54, 1.807) is 0 Å². The molecule has 1 aromatic heterocycles. The number of ether oxygens (including phenoxy) is 1. The van der Waals surface area contributed by atoms with E-state index < -0.39 is 0 Å². The number of nitrogens with two attached hydrogens (primary N) is 1. The molecule has 1 aromatic rings. The fourth-order valence-electron chi connectivity index (χ4n) is 2.01. The summed E-state index contributed by atoms with van der Waals surface area (Å²) in [5.74, 6) is 1.37. The zero-order valence-electron chi connectivity index (χ0n) is 11.1. The van der Waals surface area contributed by atoms with Gasteiger partial charge in [0.25, 0.3) is 0 Å². The molecule has 1 fully saturated rings. The number of guanidine groups is 1. The van der Waals surface area contributed by atoms with Crippen molar-refractivity contribution in [3.05, 3.63) is 17.0 Å². The molecule has 0 bridgehead atoms. The molecule has 6 heteroatoms. The van der Waals surface area contributed by atoms with Gasteiger partial charge >= 0.3 is 0 Å². The molecule has 2 rings (SSSR count). The molecule has 1 aliphatic rings. The second-order valence-corrected chi connectivity index (χ2v) is 4.60. The highest BCUT2D eigenvalue weighted by Gasteiger charge is 2.18. The van der Waals surface area contributed by atoms with Crippen molar-refractivity contribution in [2.24, 2.45) is 10.7 Å². The smallest absolute Gasteiger partial charge is 0.191 e. The van der Waals surface area contributed by atoms with Gasteiger partial charge in [0, 0.05) is 18.7 Å². The van der Waals surface area contributed by atoms with E-state index >= 15 is 0 Å². The minimum atomic E-state index is 0.201. The lowest BCUT2D eigenvalue weighted by atomic mass is 10.2. The zero-order chi connectivity index (χ0) is 13.1. The number of rotatable bonds is 2. The third-order valence-electron chi connectivity index (χ3n) is 3.15. The largest absolute Gasteiger partial charge is 0.375 e. The van der Waals surface area contributed by atoms with Crippen LogP contribution in [0.15, 0.2) is 9.52 Å². The van der Waals surface area contributed by atoms with Crippen LogP contribution in [0.4, 0.5) is 0 Å². The first-order valence-electron chi connectivity index (χ1n) is 6.16. The van der Waals surface area contributed by atoms with E-state index in [0.29, 0.717) is 19.1 Å². The Balaban J connectivity index is 2.00. The van der Waals surface area contributed by atoms with Crippen LogP contribution in [0.25, 0.3) is 0 Å². The summed E-state index contributed by atoms with van der Waals surface area (Å²) < 4.78 is 10.6. The average Bonchev–Trinajstić information content (AvgIpc) is 2.66. The van der Waals surface area contributed by atoms with Gasteiger partial charge in [0.1, 0.15) is 5.76 Å². The molecule has 2 heterocycles. The molecule has 0 spiro atoms. The predicted molar refractivity (Wildman–Crippen MR) is 68.3 cm³/mol. The monoisotopic (exact) mass is 252 g/mol. The van der Waals surface area contributed by atoms with Gasteiger partial charge < -0.3 is 19.9 Å². The van der Waals surface area contributed by atoms with Gasteiger partial charge in [0.05, 0.1) is 24.9 Å². The summed E-state index contributed by atoms with van der Waals surface area (Å²) in [5.41, 5.74) is 7.88. The Morgan fingerprint density at radius 2 is 2.33 bits per heavy atom. The Labute approximate surface area is 107 Å². The minimum absolute atomic E-state index is 0.201. The lowest BCUT2D eigenvalue weighted by Crippen LogP contribution is -2.47. The van der Waals surface area contributed by atoms with Gasteiger partial charge in [0.2, 0.25) is 0 Å². The average molecular weight is 252 g/mol. The van der Waals surface area contributed by atoms with E-state index in [-0.39, 0.29) is 6.10 Å². The van der Waals surface area contributed by atoms with Crippen molar-refractivity contribution in [3.63, 3.8) is 0 Å². The van der Waals surface area contributed by atoms with Crippen molar-refractivity contribution in [2.45, 2.75) is 33.4 Å². The predicted octanol–water partition coefficient (Wildman–Crippen LogP) is 0.827. The van der Waals surface area contributed by atoms with Crippen molar-refractivity contribution >= 4 is 5.96 Å². The third kappa shape index (κ3) is 2.81. The van der Waals surface area contributed by atoms with Crippen LogP contribution in [0.2, 0.25) is 0 Å². The van der Waals surface area contributed by atoms with Crippen LogP contribution in [-0.2, 0) is 11.3 Å². The van der Waals surface area contributed by atoms with Crippen LogP contribution in [0.1, 0.15) is 23.9 Å². The Bertz CT molecular complexity index is 422. The summed E-state index contributed by atoms with van der Waals surface area (Å²) in [6.45, 7) is 8.62. The van der Waals surface area contributed by atoms with Gasteiger partial charge in [-0.05, 0) is 20.8 Å². The molecule has 1 aliphatic heterocycles. The van der Waals surface area contributed by atoms with Crippen molar-refractivity contribution < 1.29 is 9.26 Å². The highest BCUT2D eigenvalue weighted by atomic mass is 16.5. The number of aliphatic imine (C=N–C) groups is 1. The quantitative estimate of drug-likeness (QED) is 0.623. The van der Waals surface area contributed by atoms with Crippen LogP contribution in [0.3, 0.4) is 0 Å². The van der Waals surface area contributed by atoms with Crippen LogP contribution < -0.4 is 5.73 Å². The highest BCUT2D eigenvalue weighted by Crippen LogP contribution is 2.13. The van der Waals surface area contributed by atoms with E-state index in [2.05, 4.69) is 10.1 Å². The van der Waals surface area contributed by atoms with Gasteiger partial charge in [-0.3, -0.25) is 0 Å². The molecule has 18 heavy (non-hydrogen) atoms. The first kappa shape index (κ1) is 12.9. The first-order valence-corrected chi connectivity index (χ1v) is 6.16. The molecule has 0 amide bonds. The summed E-state index contributed by atoms with van der Waals surface area (Å²) in [6, 6.07) is 0. The Kier molecular flexibility index (Phi) is 3.86. The van der Waals surface area contributed by atoms with Gasteiger partial charge in [-0.2, -0.15) is 0 Å². The number of hydrogen-bond acceptors (Lipinski definition) is 4.